The van der Waals surface area contributed by atoms with Gasteiger partial charge < -0.3 is 29.9 Å². The number of benzene rings is 1. The van der Waals surface area contributed by atoms with Gasteiger partial charge in [0.05, 0.1) is 11.7 Å². The van der Waals surface area contributed by atoms with Gasteiger partial charge >= 0.3 is 6.09 Å². The Morgan fingerprint density at radius 3 is 2.84 bits per heavy atom. The minimum Gasteiger partial charge on any atom is -0.482 e. The van der Waals surface area contributed by atoms with Crippen molar-refractivity contribution in [1.82, 2.24) is 15.5 Å². The zero-order valence-corrected chi connectivity index (χ0v) is 19.5. The number of guanidine groups is 1. The molecule has 1 unspecified atom stereocenters. The van der Waals surface area contributed by atoms with Crippen molar-refractivity contribution in [3.05, 3.63) is 24.3 Å². The Kier molecular flexibility index (Phi) is 7.82. The van der Waals surface area contributed by atoms with Crippen molar-refractivity contribution in [2.45, 2.75) is 52.2 Å². The quantitative estimate of drug-likeness (QED) is 0.397. The van der Waals surface area contributed by atoms with Gasteiger partial charge in [0.15, 0.2) is 12.6 Å². The normalized spacial score (nSPS) is 18.8. The van der Waals surface area contributed by atoms with Gasteiger partial charge in [-0.25, -0.2) is 4.79 Å². The van der Waals surface area contributed by atoms with Gasteiger partial charge in [-0.3, -0.25) is 9.79 Å². The molecule has 1 saturated heterocycles. The lowest BCUT2D eigenvalue weighted by atomic mass is 10.2. The lowest BCUT2D eigenvalue weighted by Crippen LogP contribution is -2.44. The molecule has 1 aromatic carbocycles. The summed E-state index contributed by atoms with van der Waals surface area (Å²) in [4.78, 5) is 33.0. The molecule has 1 atom stereocenters. The highest BCUT2D eigenvalue weighted by Gasteiger charge is 2.28. The summed E-state index contributed by atoms with van der Waals surface area (Å²) in [5.41, 5.74) is 0.302. The number of likely N-dealkylation sites (tertiary alicyclic amines) is 1. The maximum atomic E-state index is 12.3. The fraction of sp³-hybridized carbons (Fsp3) is 0.609. The molecule has 0 aromatic heterocycles. The van der Waals surface area contributed by atoms with E-state index in [1.54, 1.807) is 4.90 Å². The largest absolute Gasteiger partial charge is 0.482 e. The molecular weight excluding hydrogens is 410 g/mol. The Morgan fingerprint density at radius 2 is 2.09 bits per heavy atom. The van der Waals surface area contributed by atoms with Crippen LogP contribution in [-0.2, 0) is 9.53 Å². The molecule has 32 heavy (non-hydrogen) atoms. The number of amides is 2. The van der Waals surface area contributed by atoms with Crippen LogP contribution in [0.2, 0.25) is 0 Å². The van der Waals surface area contributed by atoms with E-state index in [-0.39, 0.29) is 24.6 Å². The molecule has 0 spiro atoms. The lowest BCUT2D eigenvalue weighted by Gasteiger charge is -2.29. The Balaban J connectivity index is 1.51. The topological polar surface area (TPSA) is 95.5 Å². The van der Waals surface area contributed by atoms with E-state index in [1.165, 1.54) is 0 Å². The van der Waals surface area contributed by atoms with Gasteiger partial charge in [0, 0.05) is 32.7 Å². The second-order valence-electron chi connectivity index (χ2n) is 8.97. The van der Waals surface area contributed by atoms with Crippen LogP contribution in [0.4, 0.5) is 10.5 Å². The molecule has 0 aliphatic carbocycles. The zero-order chi connectivity index (χ0) is 23.1. The summed E-state index contributed by atoms with van der Waals surface area (Å²) in [5, 5.41) is 6.28. The first-order valence-electron chi connectivity index (χ1n) is 11.3. The van der Waals surface area contributed by atoms with Crippen molar-refractivity contribution in [3.63, 3.8) is 0 Å². The van der Waals surface area contributed by atoms with Crippen LogP contribution in [-0.4, -0.2) is 73.8 Å². The second kappa shape index (κ2) is 10.6. The van der Waals surface area contributed by atoms with Crippen molar-refractivity contribution in [3.8, 4) is 5.75 Å². The number of carbonyl (C=O) groups is 2. The molecule has 1 aromatic rings. The van der Waals surface area contributed by atoms with Crippen LogP contribution in [0.25, 0.3) is 0 Å². The molecule has 176 valence electrons. The van der Waals surface area contributed by atoms with Gasteiger partial charge in [0.2, 0.25) is 0 Å². The first-order chi connectivity index (χ1) is 15.3. The number of fused-ring (bicyclic) bond motifs is 1. The fourth-order valence-corrected chi connectivity index (χ4v) is 3.78. The minimum absolute atomic E-state index is 0.0242. The average molecular weight is 446 g/mol. The van der Waals surface area contributed by atoms with Crippen LogP contribution in [0.3, 0.4) is 0 Å². The van der Waals surface area contributed by atoms with Gasteiger partial charge in [-0.1, -0.05) is 12.1 Å². The minimum atomic E-state index is -0.513. The highest BCUT2D eigenvalue weighted by Crippen LogP contribution is 2.31. The number of ether oxygens (including phenoxy) is 2. The van der Waals surface area contributed by atoms with Crippen molar-refractivity contribution >= 4 is 23.6 Å². The van der Waals surface area contributed by atoms with Crippen LogP contribution in [0, 0.1) is 0 Å². The number of carbonyl (C=O) groups excluding carboxylic acids is 2. The third-order valence-electron chi connectivity index (χ3n) is 5.15. The molecule has 2 aliphatic heterocycles. The van der Waals surface area contributed by atoms with Gasteiger partial charge in [-0.2, -0.15) is 0 Å². The fourth-order valence-electron chi connectivity index (χ4n) is 3.78. The van der Waals surface area contributed by atoms with Gasteiger partial charge in [0.1, 0.15) is 11.4 Å². The van der Waals surface area contributed by atoms with E-state index >= 15 is 0 Å². The first kappa shape index (κ1) is 23.7. The summed E-state index contributed by atoms with van der Waals surface area (Å²) in [7, 11) is 0. The SMILES string of the molecule is CCNC(=NCCCN1C(=O)COc2ccccc21)N1CCC(NC(=O)OC(C)(C)C)C1. The molecule has 2 amide bonds. The smallest absolute Gasteiger partial charge is 0.407 e. The Bertz CT molecular complexity index is 836. The maximum Gasteiger partial charge on any atom is 0.407 e. The zero-order valence-electron chi connectivity index (χ0n) is 19.5. The number of nitrogens with zero attached hydrogens (tertiary/aromatic N) is 3. The highest BCUT2D eigenvalue weighted by atomic mass is 16.6. The Morgan fingerprint density at radius 1 is 1.31 bits per heavy atom. The van der Waals surface area contributed by atoms with E-state index in [1.807, 2.05) is 52.0 Å². The van der Waals surface area contributed by atoms with Gasteiger partial charge in [0.25, 0.3) is 5.91 Å². The average Bonchev–Trinajstić information content (AvgIpc) is 3.18. The third kappa shape index (κ3) is 6.51. The number of alkyl carbamates (subject to hydrolysis) is 1. The molecule has 2 heterocycles. The number of nitrogens with one attached hydrogen (secondary N) is 2. The number of hydrogen-bond donors (Lipinski definition) is 2. The molecule has 9 nitrogen and oxygen atoms in total. The van der Waals surface area contributed by atoms with E-state index in [4.69, 9.17) is 14.5 Å². The maximum absolute atomic E-state index is 12.3. The van der Waals surface area contributed by atoms with Crippen LogP contribution in [0.5, 0.6) is 5.75 Å². The molecule has 3 rings (SSSR count). The van der Waals surface area contributed by atoms with Crippen molar-refractivity contribution in [2.24, 2.45) is 4.99 Å². The van der Waals surface area contributed by atoms with Crippen LogP contribution in [0.1, 0.15) is 40.5 Å². The summed E-state index contributed by atoms with van der Waals surface area (Å²) >= 11 is 0. The molecular formula is C23H35N5O4. The molecule has 9 heteroatoms. The monoisotopic (exact) mass is 445 g/mol. The third-order valence-corrected chi connectivity index (χ3v) is 5.15. The van der Waals surface area contributed by atoms with E-state index in [0.717, 1.165) is 43.3 Å². The number of hydrogen-bond acceptors (Lipinski definition) is 5. The summed E-state index contributed by atoms with van der Waals surface area (Å²) in [6, 6.07) is 7.62. The van der Waals surface area contributed by atoms with Crippen LogP contribution < -0.4 is 20.3 Å². The molecule has 0 radical (unpaired) electrons. The predicted octanol–water partition coefficient (Wildman–Crippen LogP) is 2.37. The number of rotatable bonds is 6. The molecule has 0 bridgehead atoms. The van der Waals surface area contributed by atoms with Gasteiger partial charge in [-0.15, -0.1) is 0 Å². The van der Waals surface area contributed by atoms with E-state index in [2.05, 4.69) is 15.5 Å². The van der Waals surface area contributed by atoms with E-state index in [0.29, 0.717) is 19.6 Å². The van der Waals surface area contributed by atoms with Crippen LogP contribution >= 0.6 is 0 Å². The van der Waals surface area contributed by atoms with Crippen LogP contribution in [0.15, 0.2) is 29.3 Å². The van der Waals surface area contributed by atoms with E-state index in [9.17, 15) is 9.59 Å². The van der Waals surface area contributed by atoms with Gasteiger partial charge in [-0.05, 0) is 52.7 Å². The molecule has 1 fully saturated rings. The summed E-state index contributed by atoms with van der Waals surface area (Å²) < 4.78 is 10.9. The standard InChI is InChI=1S/C23H35N5O4/c1-5-24-21(27-14-11-17(15-27)26-22(30)32-23(2,3)4)25-12-8-13-28-18-9-6-7-10-19(18)31-16-20(28)29/h6-7,9-10,17H,5,8,11-16H2,1-4H3,(H,24,25)(H,26,30). The molecule has 2 aliphatic rings. The molecule has 0 saturated carbocycles. The molecule has 2 N–H and O–H groups in total. The summed E-state index contributed by atoms with van der Waals surface area (Å²) in [5.74, 6) is 1.54. The number of para-hydroxylation sites is 2. The number of anilines is 1. The Hall–Kier alpha value is -2.97. The second-order valence-corrected chi connectivity index (χ2v) is 8.97. The Labute approximate surface area is 190 Å². The summed E-state index contributed by atoms with van der Waals surface area (Å²) in [6.07, 6.45) is 1.19. The highest BCUT2D eigenvalue weighted by molar-refractivity contribution is 5.97. The van der Waals surface area contributed by atoms with E-state index < -0.39 is 5.60 Å². The predicted molar refractivity (Wildman–Crippen MR) is 124 cm³/mol. The lowest BCUT2D eigenvalue weighted by molar-refractivity contribution is -0.121. The van der Waals surface area contributed by atoms with Crippen molar-refractivity contribution < 1.29 is 19.1 Å². The number of aliphatic imine (C=N–C) groups is 1. The first-order valence-corrected chi connectivity index (χ1v) is 11.3. The van der Waals surface area contributed by atoms with Crippen molar-refractivity contribution in [1.29, 1.82) is 0 Å². The van der Waals surface area contributed by atoms with Crippen molar-refractivity contribution in [2.75, 3.05) is 44.2 Å². The summed E-state index contributed by atoms with van der Waals surface area (Å²) in [6.45, 7) is 11.1.